The summed E-state index contributed by atoms with van der Waals surface area (Å²) in [6.07, 6.45) is -5.20. The molecule has 13 heteroatoms. The molecular weight excluding hydrogens is 581 g/mol. The maximum atomic E-state index is 14.0. The van der Waals surface area contributed by atoms with E-state index in [0.29, 0.717) is 11.1 Å². The summed E-state index contributed by atoms with van der Waals surface area (Å²) in [7, 11) is 0. The number of alkyl halides is 3. The predicted molar refractivity (Wildman–Crippen MR) is 150 cm³/mol. The van der Waals surface area contributed by atoms with Crippen LogP contribution in [-0.2, 0) is 44.0 Å². The number of fused-ring (bicyclic) bond motifs is 1. The largest absolute Gasteiger partial charge is 0.459 e. The van der Waals surface area contributed by atoms with E-state index in [9.17, 15) is 37.1 Å². The number of nitrogens with one attached hydrogen (secondary N) is 2. The molecule has 0 saturated carbocycles. The molecule has 4 aromatic rings. The van der Waals surface area contributed by atoms with Gasteiger partial charge in [0.15, 0.2) is 0 Å². The van der Waals surface area contributed by atoms with E-state index in [4.69, 9.17) is 4.74 Å². The van der Waals surface area contributed by atoms with Crippen LogP contribution in [0.3, 0.4) is 0 Å². The van der Waals surface area contributed by atoms with Crippen LogP contribution in [0.5, 0.6) is 0 Å². The summed E-state index contributed by atoms with van der Waals surface area (Å²) in [4.78, 5) is 70.0. The van der Waals surface area contributed by atoms with Crippen molar-refractivity contribution in [1.82, 2.24) is 20.2 Å². The molecule has 0 bridgehead atoms. The van der Waals surface area contributed by atoms with E-state index in [1.165, 1.54) is 25.1 Å². The molecule has 1 atom stereocenters. The number of ether oxygens (including phenoxy) is 1. The molecule has 1 aromatic heterocycles. The van der Waals surface area contributed by atoms with Gasteiger partial charge in [0.05, 0.1) is 16.5 Å². The van der Waals surface area contributed by atoms with Crippen molar-refractivity contribution in [1.29, 1.82) is 0 Å². The zero-order valence-corrected chi connectivity index (χ0v) is 23.2. The number of rotatable bonds is 7. The third kappa shape index (κ3) is 5.80. The van der Waals surface area contributed by atoms with Crippen molar-refractivity contribution in [2.24, 2.45) is 0 Å². The third-order valence-electron chi connectivity index (χ3n) is 7.28. The Morgan fingerprint density at radius 1 is 1.00 bits per heavy atom. The Bertz CT molecular complexity index is 1860. The first-order chi connectivity index (χ1) is 20.9. The zero-order valence-electron chi connectivity index (χ0n) is 23.2. The zero-order chi connectivity index (χ0) is 31.6. The summed E-state index contributed by atoms with van der Waals surface area (Å²) >= 11 is 0. The van der Waals surface area contributed by atoms with Crippen molar-refractivity contribution < 1.29 is 37.1 Å². The summed E-state index contributed by atoms with van der Waals surface area (Å²) in [6, 6.07) is 17.1. The molecule has 226 valence electrons. The minimum atomic E-state index is -4.62. The number of esters is 1. The lowest BCUT2D eigenvalue weighted by Gasteiger charge is -2.35. The lowest BCUT2D eigenvalue weighted by Crippen LogP contribution is -2.62. The molecule has 1 fully saturated rings. The van der Waals surface area contributed by atoms with Gasteiger partial charge in [0.25, 0.3) is 17.4 Å². The second-order valence-electron chi connectivity index (χ2n) is 10.2. The molecule has 10 nitrogen and oxygen atoms in total. The van der Waals surface area contributed by atoms with Crippen LogP contribution in [-0.4, -0.2) is 33.2 Å². The minimum Gasteiger partial charge on any atom is -0.459 e. The van der Waals surface area contributed by atoms with Gasteiger partial charge in [-0.25, -0.2) is 9.78 Å². The number of piperidine rings is 1. The second kappa shape index (κ2) is 11.7. The van der Waals surface area contributed by atoms with Crippen LogP contribution in [0.1, 0.15) is 45.7 Å². The number of hydrogen-bond donors (Lipinski definition) is 2. The fourth-order valence-corrected chi connectivity index (χ4v) is 5.07. The van der Waals surface area contributed by atoms with Crippen LogP contribution in [0, 0.1) is 6.92 Å². The first-order valence-corrected chi connectivity index (χ1v) is 13.4. The number of carbonyl (C=O) groups excluding carboxylic acids is 4. The predicted octanol–water partition coefficient (Wildman–Crippen LogP) is 3.53. The molecule has 0 aliphatic carbocycles. The Morgan fingerprint density at radius 2 is 1.75 bits per heavy atom. The molecule has 3 aromatic carbocycles. The number of carbonyl (C=O) groups is 4. The third-order valence-corrected chi connectivity index (χ3v) is 7.28. The van der Waals surface area contributed by atoms with Gasteiger partial charge in [-0.2, -0.15) is 13.2 Å². The smallest absolute Gasteiger partial charge is 0.416 e. The fraction of sp³-hybridized carbons (Fsp3) is 0.226. The lowest BCUT2D eigenvalue weighted by atomic mass is 9.87. The van der Waals surface area contributed by atoms with E-state index in [-0.39, 0.29) is 48.3 Å². The van der Waals surface area contributed by atoms with Crippen molar-refractivity contribution >= 4 is 34.6 Å². The minimum absolute atomic E-state index is 0.00125. The van der Waals surface area contributed by atoms with E-state index < -0.39 is 46.5 Å². The van der Waals surface area contributed by atoms with Crippen molar-refractivity contribution in [2.45, 2.75) is 44.6 Å². The van der Waals surface area contributed by atoms with Crippen molar-refractivity contribution in [3.8, 4) is 0 Å². The van der Waals surface area contributed by atoms with Crippen LogP contribution in [0.15, 0.2) is 77.6 Å². The molecule has 1 aliphatic heterocycles. The van der Waals surface area contributed by atoms with Crippen molar-refractivity contribution in [2.75, 3.05) is 0 Å². The van der Waals surface area contributed by atoms with Gasteiger partial charge in [0, 0.05) is 18.5 Å². The second-order valence-corrected chi connectivity index (χ2v) is 10.2. The van der Waals surface area contributed by atoms with Crippen LogP contribution in [0.4, 0.5) is 13.2 Å². The van der Waals surface area contributed by atoms with Gasteiger partial charge in [-0.05, 0) is 54.8 Å². The summed E-state index contributed by atoms with van der Waals surface area (Å²) in [5.74, 6) is -3.42. The molecule has 0 unspecified atom stereocenters. The first kappa shape index (κ1) is 30.1. The molecule has 44 heavy (non-hydrogen) atoms. The summed E-state index contributed by atoms with van der Waals surface area (Å²) < 4.78 is 45.6. The van der Waals surface area contributed by atoms with Crippen molar-refractivity contribution in [3.05, 3.63) is 111 Å². The van der Waals surface area contributed by atoms with Crippen LogP contribution in [0.25, 0.3) is 10.9 Å². The maximum Gasteiger partial charge on any atom is 0.416 e. The van der Waals surface area contributed by atoms with Crippen LogP contribution in [0.2, 0.25) is 0 Å². The van der Waals surface area contributed by atoms with E-state index in [1.807, 2.05) is 0 Å². The molecule has 5 rings (SSSR count). The molecule has 0 spiro atoms. The molecule has 1 aliphatic rings. The number of amides is 3. The Kier molecular flexibility index (Phi) is 8.05. The Morgan fingerprint density at radius 3 is 2.45 bits per heavy atom. The number of hydrogen-bond acceptors (Lipinski definition) is 7. The van der Waals surface area contributed by atoms with Gasteiger partial charge in [-0.1, -0.05) is 42.5 Å². The highest BCUT2D eigenvalue weighted by atomic mass is 19.4. The van der Waals surface area contributed by atoms with Crippen molar-refractivity contribution in [3.63, 3.8) is 0 Å². The monoisotopic (exact) mass is 606 g/mol. The maximum absolute atomic E-state index is 14.0. The number of nitrogens with zero attached hydrogens (tertiary/aromatic N) is 2. The van der Waals surface area contributed by atoms with E-state index in [1.54, 1.807) is 36.4 Å². The van der Waals surface area contributed by atoms with Crippen LogP contribution < -0.4 is 16.2 Å². The Labute approximate surface area is 247 Å². The molecule has 2 heterocycles. The number of benzene rings is 3. The Hall–Kier alpha value is -5.33. The fourth-order valence-electron chi connectivity index (χ4n) is 5.07. The number of aromatic nitrogens is 2. The molecular formula is C31H25F3N4O6. The highest BCUT2D eigenvalue weighted by Gasteiger charge is 2.54. The molecule has 3 amide bonds. The van der Waals surface area contributed by atoms with Gasteiger partial charge >= 0.3 is 12.1 Å². The van der Waals surface area contributed by atoms with E-state index in [0.717, 1.165) is 22.8 Å². The molecule has 0 radical (unpaired) electrons. The number of aryl methyl sites for hydroxylation is 1. The first-order valence-electron chi connectivity index (χ1n) is 13.4. The van der Waals surface area contributed by atoms with E-state index >= 15 is 0 Å². The van der Waals surface area contributed by atoms with Crippen LogP contribution >= 0.6 is 0 Å². The normalized spacial score (nSPS) is 16.8. The van der Waals surface area contributed by atoms with Gasteiger partial charge in [0.2, 0.25) is 11.4 Å². The summed E-state index contributed by atoms with van der Waals surface area (Å²) in [6.45, 7) is 1.10. The SMILES string of the molecule is Cc1nc2ccc(CNC(=O)c3cccc(C(F)(F)F)c3)cc2c(=O)n1[C@]1(C(=O)OCc2ccccc2)CCC(=O)NC1=O. The highest BCUT2D eigenvalue weighted by molar-refractivity contribution is 6.13. The van der Waals surface area contributed by atoms with Gasteiger partial charge in [-0.3, -0.25) is 29.1 Å². The number of imide groups is 1. The summed E-state index contributed by atoms with van der Waals surface area (Å²) in [5.41, 5.74) is -2.89. The standard InChI is InChI=1S/C31H25F3N4O6/c1-18-36-24-11-10-20(16-35-26(40)21-8-5-9-22(15-21)31(32,33)34)14-23(24)27(41)38(18)30(13-12-25(39)37-28(30)42)29(43)44-17-19-6-3-2-4-7-19/h2-11,14-15H,12-13,16-17H2,1H3,(H,35,40)(H,37,39,42)/t30-/m1/s1. The van der Waals surface area contributed by atoms with Gasteiger partial charge in [0.1, 0.15) is 12.4 Å². The quantitative estimate of drug-likeness (QED) is 0.187. The number of halogens is 3. The molecule has 2 N–H and O–H groups in total. The van der Waals surface area contributed by atoms with Gasteiger partial charge < -0.3 is 10.1 Å². The Balaban J connectivity index is 1.48. The average molecular weight is 607 g/mol. The highest BCUT2D eigenvalue weighted by Crippen LogP contribution is 2.31. The molecule has 1 saturated heterocycles. The summed E-state index contributed by atoms with van der Waals surface area (Å²) in [5, 5.41) is 4.67. The lowest BCUT2D eigenvalue weighted by molar-refractivity contribution is -0.164. The topological polar surface area (TPSA) is 136 Å². The van der Waals surface area contributed by atoms with E-state index in [2.05, 4.69) is 15.6 Å². The van der Waals surface area contributed by atoms with Gasteiger partial charge in [-0.15, -0.1) is 0 Å². The average Bonchev–Trinajstić information content (AvgIpc) is 3.00.